The molecule has 1 amide bonds. The largest absolute Gasteiger partial charge is 0.481 e. The summed E-state index contributed by atoms with van der Waals surface area (Å²) in [6.07, 6.45) is 3.98. The molecule has 0 heterocycles. The molecule has 2 fully saturated rings. The highest BCUT2D eigenvalue weighted by atomic mass is 16.4. The van der Waals surface area contributed by atoms with Crippen molar-refractivity contribution in [2.45, 2.75) is 59.4 Å². The average molecular weight is 370 g/mol. The molecule has 0 spiro atoms. The Hall–Kier alpha value is -2.10. The van der Waals surface area contributed by atoms with Crippen LogP contribution in [0.5, 0.6) is 0 Å². The Labute approximate surface area is 162 Å². The average Bonchev–Trinajstić information content (AvgIpc) is 3.18. The Morgan fingerprint density at radius 2 is 1.70 bits per heavy atom. The van der Waals surface area contributed by atoms with Crippen LogP contribution >= 0.6 is 0 Å². The SMILES string of the molecule is CCCc1ccc([C@H](C)NC(=O)[C@@H]2[C@H](C(=O)O)[C@H]3CC[C@H]2C3=C(C)C)cc1. The minimum atomic E-state index is -0.835. The van der Waals surface area contributed by atoms with E-state index in [1.165, 1.54) is 16.7 Å². The predicted octanol–water partition coefficient (Wildman–Crippen LogP) is 4.51. The van der Waals surface area contributed by atoms with Gasteiger partial charge in [0.2, 0.25) is 5.91 Å². The summed E-state index contributed by atoms with van der Waals surface area (Å²) >= 11 is 0. The maximum Gasteiger partial charge on any atom is 0.307 e. The fourth-order valence-corrected chi connectivity index (χ4v) is 5.26. The van der Waals surface area contributed by atoms with Crippen molar-refractivity contribution in [1.29, 1.82) is 0 Å². The van der Waals surface area contributed by atoms with Crippen LogP contribution < -0.4 is 5.32 Å². The third kappa shape index (κ3) is 3.67. The molecule has 1 aromatic carbocycles. The molecule has 3 rings (SSSR count). The van der Waals surface area contributed by atoms with Gasteiger partial charge in [-0.15, -0.1) is 0 Å². The van der Waals surface area contributed by atoms with Crippen LogP contribution in [0.15, 0.2) is 35.4 Å². The first-order chi connectivity index (χ1) is 12.8. The lowest BCUT2D eigenvalue weighted by Crippen LogP contribution is -2.42. The van der Waals surface area contributed by atoms with Gasteiger partial charge >= 0.3 is 5.97 Å². The van der Waals surface area contributed by atoms with Gasteiger partial charge in [-0.25, -0.2) is 0 Å². The lowest BCUT2D eigenvalue weighted by atomic mass is 9.78. The standard InChI is InChI=1S/C23H31NO3/c1-5-6-15-7-9-16(10-8-15)14(4)24-22(25)20-17-11-12-18(19(17)13(2)3)21(20)23(26)27/h7-10,14,17-18,20-21H,5-6,11-12H2,1-4H3,(H,24,25)(H,26,27)/t14-,17-,18-,20-,21+/m0/s1. The molecule has 146 valence electrons. The maximum absolute atomic E-state index is 13.1. The Kier molecular flexibility index (Phi) is 5.73. The van der Waals surface area contributed by atoms with E-state index in [0.29, 0.717) is 0 Å². The molecule has 2 N–H and O–H groups in total. The molecule has 2 bridgehead atoms. The second-order valence-electron chi connectivity index (χ2n) is 8.36. The van der Waals surface area contributed by atoms with Crippen LogP contribution in [0.25, 0.3) is 0 Å². The maximum atomic E-state index is 13.1. The van der Waals surface area contributed by atoms with E-state index in [-0.39, 0.29) is 23.8 Å². The summed E-state index contributed by atoms with van der Waals surface area (Å²) in [5, 5.41) is 12.9. The highest BCUT2D eigenvalue weighted by molar-refractivity contribution is 5.87. The molecule has 4 nitrogen and oxygen atoms in total. The zero-order chi connectivity index (χ0) is 19.7. The van der Waals surface area contributed by atoms with Gasteiger partial charge in [0.15, 0.2) is 0 Å². The highest BCUT2D eigenvalue weighted by Crippen LogP contribution is 2.57. The van der Waals surface area contributed by atoms with Gasteiger partial charge in [-0.2, -0.15) is 0 Å². The van der Waals surface area contributed by atoms with Crippen molar-refractivity contribution < 1.29 is 14.7 Å². The van der Waals surface area contributed by atoms with Crippen LogP contribution in [0.4, 0.5) is 0 Å². The molecule has 0 radical (unpaired) electrons. The zero-order valence-corrected chi connectivity index (χ0v) is 16.8. The molecule has 2 aliphatic carbocycles. The number of carbonyl (C=O) groups excluding carboxylic acids is 1. The smallest absolute Gasteiger partial charge is 0.307 e. The number of allylic oxidation sites excluding steroid dienone is 2. The number of hydrogen-bond acceptors (Lipinski definition) is 2. The van der Waals surface area contributed by atoms with Gasteiger partial charge in [0.25, 0.3) is 0 Å². The fraction of sp³-hybridized carbons (Fsp3) is 0.565. The Morgan fingerprint density at radius 1 is 1.11 bits per heavy atom. The van der Waals surface area contributed by atoms with E-state index in [9.17, 15) is 14.7 Å². The van der Waals surface area contributed by atoms with Crippen LogP contribution in [-0.2, 0) is 16.0 Å². The number of carboxylic acid groups (broad SMARTS) is 1. The lowest BCUT2D eigenvalue weighted by molar-refractivity contribution is -0.149. The number of aliphatic carboxylic acids is 1. The van der Waals surface area contributed by atoms with Crippen LogP contribution in [0.1, 0.15) is 64.1 Å². The summed E-state index contributed by atoms with van der Waals surface area (Å²) in [5.74, 6) is -1.88. The van der Waals surface area contributed by atoms with Gasteiger partial charge in [0.1, 0.15) is 0 Å². The molecule has 4 heteroatoms. The summed E-state index contributed by atoms with van der Waals surface area (Å²) in [5.41, 5.74) is 4.76. The topological polar surface area (TPSA) is 66.4 Å². The summed E-state index contributed by atoms with van der Waals surface area (Å²) in [4.78, 5) is 25.0. The highest BCUT2D eigenvalue weighted by Gasteiger charge is 2.57. The van der Waals surface area contributed by atoms with Crippen molar-refractivity contribution in [3.8, 4) is 0 Å². The first-order valence-electron chi connectivity index (χ1n) is 10.1. The van der Waals surface area contributed by atoms with Crippen LogP contribution in [0, 0.1) is 23.7 Å². The van der Waals surface area contributed by atoms with E-state index < -0.39 is 17.8 Å². The minimum absolute atomic E-state index is 0.0249. The molecule has 2 aliphatic rings. The number of carboxylic acids is 1. The van der Waals surface area contributed by atoms with Gasteiger partial charge in [-0.1, -0.05) is 48.8 Å². The first kappa shape index (κ1) is 19.7. The second kappa shape index (κ2) is 7.87. The number of nitrogens with one attached hydrogen (secondary N) is 1. The molecule has 27 heavy (non-hydrogen) atoms. The van der Waals surface area contributed by atoms with E-state index in [0.717, 1.165) is 31.2 Å². The third-order valence-corrected chi connectivity index (χ3v) is 6.38. The summed E-state index contributed by atoms with van der Waals surface area (Å²) in [7, 11) is 0. The van der Waals surface area contributed by atoms with Gasteiger partial charge < -0.3 is 10.4 Å². The number of benzene rings is 1. The molecular weight excluding hydrogens is 338 g/mol. The van der Waals surface area contributed by atoms with Gasteiger partial charge in [-0.05, 0) is 63.0 Å². The molecule has 0 unspecified atom stereocenters. The zero-order valence-electron chi connectivity index (χ0n) is 16.8. The third-order valence-electron chi connectivity index (χ3n) is 6.38. The van der Waals surface area contributed by atoms with Crippen molar-refractivity contribution in [1.82, 2.24) is 5.32 Å². The summed E-state index contributed by atoms with van der Waals surface area (Å²) in [6.45, 7) is 8.21. The van der Waals surface area contributed by atoms with Crippen LogP contribution in [-0.4, -0.2) is 17.0 Å². The van der Waals surface area contributed by atoms with Crippen LogP contribution in [0.2, 0.25) is 0 Å². The Balaban J connectivity index is 1.76. The Morgan fingerprint density at radius 3 is 2.22 bits per heavy atom. The fourth-order valence-electron chi connectivity index (χ4n) is 5.26. The van der Waals surface area contributed by atoms with Crippen molar-refractivity contribution in [3.05, 3.63) is 46.5 Å². The molecule has 5 atom stereocenters. The number of fused-ring (bicyclic) bond motifs is 2. The normalized spacial score (nSPS) is 27.5. The number of carbonyl (C=O) groups is 2. The Bertz CT molecular complexity index is 745. The molecule has 2 saturated carbocycles. The first-order valence-corrected chi connectivity index (χ1v) is 10.1. The van der Waals surface area contributed by atoms with Crippen LogP contribution in [0.3, 0.4) is 0 Å². The number of aryl methyl sites for hydroxylation is 1. The molecular formula is C23H31NO3. The predicted molar refractivity (Wildman–Crippen MR) is 106 cm³/mol. The van der Waals surface area contributed by atoms with Crippen molar-refractivity contribution >= 4 is 11.9 Å². The lowest BCUT2D eigenvalue weighted by Gasteiger charge is -2.28. The van der Waals surface area contributed by atoms with E-state index in [2.05, 4.69) is 36.5 Å². The second-order valence-corrected chi connectivity index (χ2v) is 8.36. The number of rotatable bonds is 6. The van der Waals surface area contributed by atoms with Gasteiger partial charge in [-0.3, -0.25) is 9.59 Å². The van der Waals surface area contributed by atoms with E-state index in [4.69, 9.17) is 0 Å². The minimum Gasteiger partial charge on any atom is -0.481 e. The monoisotopic (exact) mass is 369 g/mol. The van der Waals surface area contributed by atoms with Crippen molar-refractivity contribution in [2.24, 2.45) is 23.7 Å². The van der Waals surface area contributed by atoms with Gasteiger partial charge in [0.05, 0.1) is 17.9 Å². The van der Waals surface area contributed by atoms with E-state index >= 15 is 0 Å². The van der Waals surface area contributed by atoms with E-state index in [1.54, 1.807) is 0 Å². The van der Waals surface area contributed by atoms with Gasteiger partial charge in [0, 0.05) is 0 Å². The molecule has 0 saturated heterocycles. The number of amides is 1. The van der Waals surface area contributed by atoms with E-state index in [1.807, 2.05) is 20.8 Å². The van der Waals surface area contributed by atoms with Crippen molar-refractivity contribution in [2.75, 3.05) is 0 Å². The quantitative estimate of drug-likeness (QED) is 0.725. The number of hydrogen-bond donors (Lipinski definition) is 2. The summed E-state index contributed by atoms with van der Waals surface area (Å²) < 4.78 is 0. The molecule has 0 aliphatic heterocycles. The molecule has 0 aromatic heterocycles. The van der Waals surface area contributed by atoms with Crippen molar-refractivity contribution in [3.63, 3.8) is 0 Å². The summed E-state index contributed by atoms with van der Waals surface area (Å²) in [6, 6.07) is 8.22. The molecule has 1 aromatic rings.